The number of carbonyl (C=O) groups is 1. The van der Waals surface area contributed by atoms with Gasteiger partial charge in [0.2, 0.25) is 10.1 Å². The fourth-order valence-corrected chi connectivity index (χ4v) is 2.43. The second-order valence-corrected chi connectivity index (χ2v) is 5.54. The van der Waals surface area contributed by atoms with E-state index in [0.29, 0.717) is 5.02 Å². The zero-order valence-electron chi connectivity index (χ0n) is 10.5. The van der Waals surface area contributed by atoms with E-state index in [4.69, 9.17) is 17.3 Å². The van der Waals surface area contributed by atoms with Gasteiger partial charge in [-0.05, 0) is 24.6 Å². The highest BCUT2D eigenvalue weighted by molar-refractivity contribution is 7.16. The topological polar surface area (TPSA) is 72.1 Å². The van der Waals surface area contributed by atoms with Crippen molar-refractivity contribution in [3.8, 4) is 0 Å². The van der Waals surface area contributed by atoms with Crippen LogP contribution >= 0.6 is 22.9 Å². The lowest BCUT2D eigenvalue weighted by Crippen LogP contribution is -2.29. The van der Waals surface area contributed by atoms with E-state index in [1.807, 2.05) is 25.1 Å². The van der Waals surface area contributed by atoms with Crippen molar-refractivity contribution in [1.29, 1.82) is 0 Å². The maximum Gasteiger partial charge on any atom is 0.285 e. The van der Waals surface area contributed by atoms with E-state index in [-0.39, 0.29) is 22.1 Å². The maximum absolute atomic E-state index is 12.2. The van der Waals surface area contributed by atoms with Gasteiger partial charge in [-0.2, -0.15) is 0 Å². The molecule has 1 unspecified atom stereocenters. The molecular formula is C12H13ClN4OS. The zero-order chi connectivity index (χ0) is 14.0. The van der Waals surface area contributed by atoms with Gasteiger partial charge in [0, 0.05) is 12.1 Å². The number of hydrogen-bond donors (Lipinski definition) is 1. The Morgan fingerprint density at radius 1 is 1.47 bits per heavy atom. The van der Waals surface area contributed by atoms with E-state index in [1.54, 1.807) is 18.0 Å². The Labute approximate surface area is 120 Å². The summed E-state index contributed by atoms with van der Waals surface area (Å²) in [5.74, 6) is -0.207. The third-order valence-electron chi connectivity index (χ3n) is 2.86. The van der Waals surface area contributed by atoms with Crippen LogP contribution in [0.2, 0.25) is 5.02 Å². The maximum atomic E-state index is 12.2. The van der Waals surface area contributed by atoms with E-state index in [0.717, 1.165) is 16.9 Å². The summed E-state index contributed by atoms with van der Waals surface area (Å²) in [7, 11) is 1.71. The van der Waals surface area contributed by atoms with Crippen LogP contribution in [0.25, 0.3) is 0 Å². The standard InChI is InChI=1S/C12H13ClN4OS/c1-7(8-4-3-5-9(13)6-8)17(2)11(18)10-15-16-12(14)19-10/h3-7H,1-2H3,(H2,14,16). The molecule has 1 aromatic heterocycles. The van der Waals surface area contributed by atoms with Crippen molar-refractivity contribution in [2.75, 3.05) is 12.8 Å². The Morgan fingerprint density at radius 2 is 2.21 bits per heavy atom. The predicted molar refractivity (Wildman–Crippen MR) is 76.3 cm³/mol. The first-order valence-corrected chi connectivity index (χ1v) is 6.80. The number of nitrogen functional groups attached to an aromatic ring is 1. The summed E-state index contributed by atoms with van der Waals surface area (Å²) in [6.07, 6.45) is 0. The Kier molecular flexibility index (Phi) is 4.01. The van der Waals surface area contributed by atoms with Gasteiger partial charge >= 0.3 is 0 Å². The van der Waals surface area contributed by atoms with Crippen molar-refractivity contribution in [2.45, 2.75) is 13.0 Å². The van der Waals surface area contributed by atoms with E-state index in [2.05, 4.69) is 10.2 Å². The molecule has 2 aromatic rings. The summed E-state index contributed by atoms with van der Waals surface area (Å²) in [4.78, 5) is 13.8. The van der Waals surface area contributed by atoms with Crippen molar-refractivity contribution in [3.05, 3.63) is 39.9 Å². The molecule has 19 heavy (non-hydrogen) atoms. The molecule has 0 aliphatic heterocycles. The van der Waals surface area contributed by atoms with Gasteiger partial charge in [-0.1, -0.05) is 35.1 Å². The second-order valence-electron chi connectivity index (χ2n) is 4.09. The Balaban J connectivity index is 2.19. The van der Waals surface area contributed by atoms with Crippen LogP contribution in [0.4, 0.5) is 5.13 Å². The summed E-state index contributed by atoms with van der Waals surface area (Å²) in [6, 6.07) is 7.30. The lowest BCUT2D eigenvalue weighted by Gasteiger charge is -2.24. The molecule has 100 valence electrons. The average Bonchev–Trinajstić information content (AvgIpc) is 2.83. The number of nitrogens with zero attached hydrogens (tertiary/aromatic N) is 3. The molecule has 2 rings (SSSR count). The molecular weight excluding hydrogens is 284 g/mol. The van der Waals surface area contributed by atoms with Gasteiger partial charge in [-0.25, -0.2) is 0 Å². The fourth-order valence-electron chi connectivity index (χ4n) is 1.64. The van der Waals surface area contributed by atoms with E-state index < -0.39 is 0 Å². The van der Waals surface area contributed by atoms with Crippen molar-refractivity contribution in [1.82, 2.24) is 15.1 Å². The highest BCUT2D eigenvalue weighted by Gasteiger charge is 2.22. The summed E-state index contributed by atoms with van der Waals surface area (Å²) >= 11 is 7.03. The molecule has 0 saturated carbocycles. The van der Waals surface area contributed by atoms with Crippen LogP contribution in [0.1, 0.15) is 28.3 Å². The smallest absolute Gasteiger partial charge is 0.285 e. The number of carbonyl (C=O) groups excluding carboxylic acids is 1. The fraction of sp³-hybridized carbons (Fsp3) is 0.250. The van der Waals surface area contributed by atoms with Gasteiger partial charge in [0.1, 0.15) is 0 Å². The molecule has 1 amide bonds. The lowest BCUT2D eigenvalue weighted by atomic mass is 10.1. The van der Waals surface area contributed by atoms with Crippen LogP contribution in [-0.4, -0.2) is 28.1 Å². The normalized spacial score (nSPS) is 12.2. The second kappa shape index (κ2) is 5.54. The summed E-state index contributed by atoms with van der Waals surface area (Å²) in [5, 5.41) is 8.61. The van der Waals surface area contributed by atoms with Crippen LogP contribution in [0.15, 0.2) is 24.3 Å². The van der Waals surface area contributed by atoms with Crippen LogP contribution in [-0.2, 0) is 0 Å². The number of benzene rings is 1. The highest BCUT2D eigenvalue weighted by Crippen LogP contribution is 2.24. The molecule has 2 N–H and O–H groups in total. The zero-order valence-corrected chi connectivity index (χ0v) is 12.1. The van der Waals surface area contributed by atoms with Gasteiger partial charge < -0.3 is 10.6 Å². The number of hydrogen-bond acceptors (Lipinski definition) is 5. The van der Waals surface area contributed by atoms with Gasteiger partial charge in [0.05, 0.1) is 6.04 Å². The van der Waals surface area contributed by atoms with Crippen LogP contribution in [0.3, 0.4) is 0 Å². The number of amides is 1. The van der Waals surface area contributed by atoms with E-state index in [1.165, 1.54) is 0 Å². The molecule has 0 aliphatic rings. The summed E-state index contributed by atoms with van der Waals surface area (Å²) in [6.45, 7) is 1.92. The summed E-state index contributed by atoms with van der Waals surface area (Å²) in [5.41, 5.74) is 6.44. The van der Waals surface area contributed by atoms with Gasteiger partial charge in [0.25, 0.3) is 5.91 Å². The minimum atomic E-state index is -0.207. The first-order chi connectivity index (χ1) is 8.99. The number of halogens is 1. The molecule has 1 atom stereocenters. The number of rotatable bonds is 3. The molecule has 0 spiro atoms. The van der Waals surface area contributed by atoms with Crippen molar-refractivity contribution < 1.29 is 4.79 Å². The molecule has 0 saturated heterocycles. The van der Waals surface area contributed by atoms with Crippen molar-refractivity contribution >= 4 is 34.0 Å². The Bertz CT molecular complexity index is 601. The third kappa shape index (κ3) is 3.02. The van der Waals surface area contributed by atoms with E-state index in [9.17, 15) is 4.79 Å². The van der Waals surface area contributed by atoms with Crippen molar-refractivity contribution in [3.63, 3.8) is 0 Å². The highest BCUT2D eigenvalue weighted by atomic mass is 35.5. The third-order valence-corrected chi connectivity index (χ3v) is 3.83. The van der Waals surface area contributed by atoms with E-state index >= 15 is 0 Å². The molecule has 5 nitrogen and oxygen atoms in total. The van der Waals surface area contributed by atoms with Crippen LogP contribution in [0.5, 0.6) is 0 Å². The minimum Gasteiger partial charge on any atom is -0.374 e. The molecule has 7 heteroatoms. The van der Waals surface area contributed by atoms with Gasteiger partial charge in [-0.15, -0.1) is 10.2 Å². The number of nitrogens with two attached hydrogens (primary N) is 1. The number of anilines is 1. The molecule has 0 radical (unpaired) electrons. The first kappa shape index (κ1) is 13.8. The molecule has 0 fully saturated rings. The average molecular weight is 297 g/mol. The number of aromatic nitrogens is 2. The van der Waals surface area contributed by atoms with Crippen molar-refractivity contribution in [2.24, 2.45) is 0 Å². The monoisotopic (exact) mass is 296 g/mol. The van der Waals surface area contributed by atoms with Gasteiger partial charge in [0.15, 0.2) is 0 Å². The predicted octanol–water partition coefficient (Wildman–Crippen LogP) is 2.61. The molecule has 0 aliphatic carbocycles. The Morgan fingerprint density at radius 3 is 2.79 bits per heavy atom. The summed E-state index contributed by atoms with van der Waals surface area (Å²) < 4.78 is 0. The van der Waals surface area contributed by atoms with Crippen LogP contribution in [0, 0.1) is 0 Å². The largest absolute Gasteiger partial charge is 0.374 e. The first-order valence-electron chi connectivity index (χ1n) is 5.60. The van der Waals surface area contributed by atoms with Crippen LogP contribution < -0.4 is 5.73 Å². The van der Waals surface area contributed by atoms with Gasteiger partial charge in [-0.3, -0.25) is 4.79 Å². The quantitative estimate of drug-likeness (QED) is 0.945. The lowest BCUT2D eigenvalue weighted by molar-refractivity contribution is 0.0741. The minimum absolute atomic E-state index is 0.115. The molecule has 1 heterocycles. The molecule has 1 aromatic carbocycles. The Hall–Kier alpha value is -1.66. The molecule has 0 bridgehead atoms. The SMILES string of the molecule is CC(c1cccc(Cl)c1)N(C)C(=O)c1nnc(N)s1.